The first-order valence-electron chi connectivity index (χ1n) is 5.93. The quantitative estimate of drug-likeness (QED) is 0.883. The molecule has 4 heteroatoms. The van der Waals surface area contributed by atoms with Gasteiger partial charge in [-0.1, -0.05) is 6.07 Å². The van der Waals surface area contributed by atoms with Crippen LogP contribution in [0.3, 0.4) is 0 Å². The number of hydrogen-bond acceptors (Lipinski definition) is 4. The Morgan fingerprint density at radius 3 is 3.06 bits per heavy atom. The molecule has 1 aliphatic heterocycles. The second kappa shape index (κ2) is 4.55. The predicted molar refractivity (Wildman–Crippen MR) is 70.3 cm³/mol. The summed E-state index contributed by atoms with van der Waals surface area (Å²) in [7, 11) is 0. The standard InChI is InChI=1S/C13H15N3S/c1-9-7-11(12-3-2-6-17-12)16-13(15-9)10-4-5-14-8-10/h2-3,6-7,10,14H,4-5,8H2,1H3. The lowest BCUT2D eigenvalue weighted by molar-refractivity contribution is 0.698. The summed E-state index contributed by atoms with van der Waals surface area (Å²) in [6.07, 6.45) is 1.15. The third kappa shape index (κ3) is 2.23. The predicted octanol–water partition coefficient (Wildman–Crippen LogP) is 2.59. The van der Waals surface area contributed by atoms with Crippen LogP contribution in [0.2, 0.25) is 0 Å². The zero-order valence-electron chi connectivity index (χ0n) is 9.81. The van der Waals surface area contributed by atoms with Gasteiger partial charge < -0.3 is 5.32 Å². The van der Waals surface area contributed by atoms with Crippen molar-refractivity contribution in [1.29, 1.82) is 0 Å². The highest BCUT2D eigenvalue weighted by molar-refractivity contribution is 7.13. The molecule has 3 rings (SSSR count). The van der Waals surface area contributed by atoms with Crippen molar-refractivity contribution in [1.82, 2.24) is 15.3 Å². The van der Waals surface area contributed by atoms with E-state index in [1.807, 2.05) is 6.92 Å². The second-order valence-electron chi connectivity index (χ2n) is 4.42. The number of hydrogen-bond donors (Lipinski definition) is 1. The molecule has 17 heavy (non-hydrogen) atoms. The highest BCUT2D eigenvalue weighted by atomic mass is 32.1. The van der Waals surface area contributed by atoms with E-state index in [1.54, 1.807) is 11.3 Å². The van der Waals surface area contributed by atoms with Crippen molar-refractivity contribution >= 4 is 11.3 Å². The molecular weight excluding hydrogens is 230 g/mol. The summed E-state index contributed by atoms with van der Waals surface area (Å²) in [6, 6.07) is 6.25. The van der Waals surface area contributed by atoms with Crippen LogP contribution in [-0.4, -0.2) is 23.1 Å². The van der Waals surface area contributed by atoms with Crippen molar-refractivity contribution in [3.8, 4) is 10.6 Å². The Balaban J connectivity index is 2.00. The molecule has 2 aromatic rings. The molecule has 3 heterocycles. The maximum absolute atomic E-state index is 4.72. The fraction of sp³-hybridized carbons (Fsp3) is 0.385. The Kier molecular flexibility index (Phi) is 2.91. The van der Waals surface area contributed by atoms with Crippen LogP contribution in [-0.2, 0) is 0 Å². The van der Waals surface area contributed by atoms with E-state index in [-0.39, 0.29) is 0 Å². The van der Waals surface area contributed by atoms with E-state index in [4.69, 9.17) is 4.98 Å². The fourth-order valence-electron chi connectivity index (χ4n) is 2.20. The van der Waals surface area contributed by atoms with Gasteiger partial charge in [-0.05, 0) is 37.4 Å². The maximum atomic E-state index is 4.72. The number of rotatable bonds is 2. The third-order valence-corrected chi connectivity index (χ3v) is 3.96. The molecule has 3 nitrogen and oxygen atoms in total. The van der Waals surface area contributed by atoms with E-state index in [0.29, 0.717) is 5.92 Å². The minimum Gasteiger partial charge on any atom is -0.316 e. The largest absolute Gasteiger partial charge is 0.316 e. The van der Waals surface area contributed by atoms with Crippen LogP contribution in [0, 0.1) is 6.92 Å². The number of aryl methyl sites for hydroxylation is 1. The molecule has 1 aliphatic rings. The lowest BCUT2D eigenvalue weighted by atomic mass is 10.1. The van der Waals surface area contributed by atoms with Gasteiger partial charge in [0, 0.05) is 18.2 Å². The van der Waals surface area contributed by atoms with Gasteiger partial charge in [-0.15, -0.1) is 11.3 Å². The smallest absolute Gasteiger partial charge is 0.133 e. The number of nitrogens with one attached hydrogen (secondary N) is 1. The van der Waals surface area contributed by atoms with Crippen LogP contribution < -0.4 is 5.32 Å². The Bertz CT molecular complexity index is 501. The number of aromatic nitrogens is 2. The van der Waals surface area contributed by atoms with Gasteiger partial charge in [-0.2, -0.15) is 0 Å². The topological polar surface area (TPSA) is 37.8 Å². The molecule has 88 valence electrons. The lowest BCUT2D eigenvalue weighted by Gasteiger charge is -2.09. The van der Waals surface area contributed by atoms with E-state index in [1.165, 1.54) is 4.88 Å². The number of nitrogens with zero attached hydrogens (tertiary/aromatic N) is 2. The van der Waals surface area contributed by atoms with Crippen molar-refractivity contribution in [2.24, 2.45) is 0 Å². The molecular formula is C13H15N3S. The maximum Gasteiger partial charge on any atom is 0.133 e. The summed E-state index contributed by atoms with van der Waals surface area (Å²) < 4.78 is 0. The first-order chi connectivity index (χ1) is 8.33. The first-order valence-corrected chi connectivity index (χ1v) is 6.81. The molecule has 0 aliphatic carbocycles. The van der Waals surface area contributed by atoms with Gasteiger partial charge in [-0.3, -0.25) is 0 Å². The molecule has 0 aromatic carbocycles. The summed E-state index contributed by atoms with van der Waals surface area (Å²) in [6.45, 7) is 4.13. The van der Waals surface area contributed by atoms with Crippen LogP contribution in [0.15, 0.2) is 23.6 Å². The van der Waals surface area contributed by atoms with E-state index in [0.717, 1.165) is 36.7 Å². The summed E-state index contributed by atoms with van der Waals surface area (Å²) >= 11 is 1.73. The molecule has 0 radical (unpaired) electrons. The minimum atomic E-state index is 0.480. The average molecular weight is 245 g/mol. The fourth-order valence-corrected chi connectivity index (χ4v) is 2.89. The molecule has 1 N–H and O–H groups in total. The molecule has 1 fully saturated rings. The molecule has 1 unspecified atom stereocenters. The molecule has 0 spiro atoms. The van der Waals surface area contributed by atoms with Gasteiger partial charge in [0.2, 0.25) is 0 Å². The third-order valence-electron chi connectivity index (χ3n) is 3.07. The Hall–Kier alpha value is -1.26. The normalized spacial score (nSPS) is 19.7. The van der Waals surface area contributed by atoms with Crippen molar-refractivity contribution < 1.29 is 0 Å². The lowest BCUT2D eigenvalue weighted by Crippen LogP contribution is -2.11. The molecule has 2 aromatic heterocycles. The molecule has 0 saturated carbocycles. The molecule has 1 atom stereocenters. The van der Waals surface area contributed by atoms with E-state index >= 15 is 0 Å². The SMILES string of the molecule is Cc1cc(-c2cccs2)nc(C2CCNC2)n1. The van der Waals surface area contributed by atoms with Crippen molar-refractivity contribution in [3.63, 3.8) is 0 Å². The van der Waals surface area contributed by atoms with Crippen molar-refractivity contribution in [2.75, 3.05) is 13.1 Å². The average Bonchev–Trinajstić information content (AvgIpc) is 3.02. The van der Waals surface area contributed by atoms with Crippen LogP contribution >= 0.6 is 11.3 Å². The van der Waals surface area contributed by atoms with E-state index in [2.05, 4.69) is 33.9 Å². The minimum absolute atomic E-state index is 0.480. The highest BCUT2D eigenvalue weighted by Gasteiger charge is 2.20. The van der Waals surface area contributed by atoms with Crippen molar-refractivity contribution in [3.05, 3.63) is 35.1 Å². The van der Waals surface area contributed by atoms with Gasteiger partial charge in [0.05, 0.1) is 10.6 Å². The van der Waals surface area contributed by atoms with Crippen molar-refractivity contribution in [2.45, 2.75) is 19.3 Å². The molecule has 0 bridgehead atoms. The van der Waals surface area contributed by atoms with Crippen LogP contribution in [0.5, 0.6) is 0 Å². The highest BCUT2D eigenvalue weighted by Crippen LogP contribution is 2.26. The van der Waals surface area contributed by atoms with Gasteiger partial charge in [0.25, 0.3) is 0 Å². The zero-order valence-corrected chi connectivity index (χ0v) is 10.6. The van der Waals surface area contributed by atoms with Gasteiger partial charge in [-0.25, -0.2) is 9.97 Å². The first kappa shape index (κ1) is 10.9. The van der Waals surface area contributed by atoms with Gasteiger partial charge in [0.15, 0.2) is 0 Å². The monoisotopic (exact) mass is 245 g/mol. The van der Waals surface area contributed by atoms with Crippen LogP contribution in [0.4, 0.5) is 0 Å². The number of thiophene rings is 1. The van der Waals surface area contributed by atoms with Crippen LogP contribution in [0.1, 0.15) is 23.9 Å². The Labute approximate surface area is 105 Å². The van der Waals surface area contributed by atoms with E-state index in [9.17, 15) is 0 Å². The summed E-state index contributed by atoms with van der Waals surface area (Å²) in [5.41, 5.74) is 2.12. The molecule has 1 saturated heterocycles. The van der Waals surface area contributed by atoms with E-state index < -0.39 is 0 Å². The zero-order chi connectivity index (χ0) is 11.7. The second-order valence-corrected chi connectivity index (χ2v) is 5.37. The van der Waals surface area contributed by atoms with Crippen LogP contribution in [0.25, 0.3) is 10.6 Å². The van der Waals surface area contributed by atoms with Gasteiger partial charge in [0.1, 0.15) is 5.82 Å². The summed E-state index contributed by atoms with van der Waals surface area (Å²) in [5.74, 6) is 1.48. The Morgan fingerprint density at radius 1 is 1.41 bits per heavy atom. The Morgan fingerprint density at radius 2 is 2.35 bits per heavy atom. The molecule has 0 amide bonds. The van der Waals surface area contributed by atoms with Gasteiger partial charge >= 0.3 is 0 Å². The summed E-state index contributed by atoms with van der Waals surface area (Å²) in [5, 5.41) is 5.45. The summed E-state index contributed by atoms with van der Waals surface area (Å²) in [4.78, 5) is 10.5.